The summed E-state index contributed by atoms with van der Waals surface area (Å²) in [6, 6.07) is 5.21. The summed E-state index contributed by atoms with van der Waals surface area (Å²) in [5, 5.41) is 21.0. The molecular formula is C17H24N2O5. The van der Waals surface area contributed by atoms with Crippen molar-refractivity contribution in [2.45, 2.75) is 58.4 Å². The van der Waals surface area contributed by atoms with Crippen LogP contribution in [0.5, 0.6) is 0 Å². The summed E-state index contributed by atoms with van der Waals surface area (Å²) in [5.74, 6) is 0. The molecule has 0 fully saturated rings. The number of nitrogens with zero attached hydrogens (tertiary/aromatic N) is 2. The number of aliphatic hydroxyl groups is 1. The van der Waals surface area contributed by atoms with Crippen molar-refractivity contribution in [3.63, 3.8) is 0 Å². The molecule has 0 unspecified atom stereocenters. The molecule has 1 aromatic rings. The lowest BCUT2D eigenvalue weighted by Gasteiger charge is -2.39. The van der Waals surface area contributed by atoms with Gasteiger partial charge in [-0.15, -0.1) is 0 Å². The number of aryl methyl sites for hydroxylation is 1. The molecule has 1 amide bonds. The van der Waals surface area contributed by atoms with Crippen LogP contribution in [0, 0.1) is 17.0 Å². The number of rotatable bonds is 3. The molecule has 0 aromatic heterocycles. The average Bonchev–Trinajstić information content (AvgIpc) is 2.43. The molecule has 7 heteroatoms. The Balaban J connectivity index is 2.31. The molecule has 1 N–H and O–H groups in total. The van der Waals surface area contributed by atoms with E-state index in [0.717, 1.165) is 16.7 Å². The maximum Gasteiger partial charge on any atom is 0.410 e. The van der Waals surface area contributed by atoms with Gasteiger partial charge in [0, 0.05) is 11.5 Å². The Hall–Kier alpha value is -2.15. The van der Waals surface area contributed by atoms with E-state index >= 15 is 0 Å². The van der Waals surface area contributed by atoms with Crippen LogP contribution < -0.4 is 0 Å². The highest BCUT2D eigenvalue weighted by Crippen LogP contribution is 2.28. The number of amides is 1. The van der Waals surface area contributed by atoms with E-state index in [1.165, 1.54) is 4.90 Å². The first-order valence-electron chi connectivity index (χ1n) is 7.94. The highest BCUT2D eigenvalue weighted by Gasteiger charge is 2.38. The number of aliphatic hydroxyl groups excluding tert-OH is 1. The predicted octanol–water partition coefficient (Wildman–Crippen LogP) is 2.29. The second-order valence-corrected chi connectivity index (χ2v) is 7.23. The van der Waals surface area contributed by atoms with Crippen LogP contribution in [0.3, 0.4) is 0 Å². The van der Waals surface area contributed by atoms with Crippen LogP contribution in [0.4, 0.5) is 4.79 Å². The number of hydrogen-bond donors (Lipinski definition) is 1. The van der Waals surface area contributed by atoms with Gasteiger partial charge in [-0.1, -0.05) is 23.8 Å². The number of hydrogen-bond acceptors (Lipinski definition) is 5. The van der Waals surface area contributed by atoms with Gasteiger partial charge < -0.3 is 9.84 Å². The monoisotopic (exact) mass is 336 g/mol. The molecule has 2 rings (SSSR count). The number of nitro groups is 1. The molecule has 2 atom stereocenters. The summed E-state index contributed by atoms with van der Waals surface area (Å²) < 4.78 is 5.41. The minimum absolute atomic E-state index is 0.268. The van der Waals surface area contributed by atoms with Crippen LogP contribution in [0.2, 0.25) is 0 Å². The molecule has 1 aromatic carbocycles. The van der Waals surface area contributed by atoms with Crippen molar-refractivity contribution in [3.8, 4) is 0 Å². The molecule has 0 spiro atoms. The normalized spacial score (nSPS) is 18.7. The minimum Gasteiger partial charge on any atom is -0.444 e. The van der Waals surface area contributed by atoms with E-state index < -0.39 is 35.3 Å². The van der Waals surface area contributed by atoms with Crippen molar-refractivity contribution in [1.82, 2.24) is 4.90 Å². The van der Waals surface area contributed by atoms with E-state index in [-0.39, 0.29) is 6.54 Å². The van der Waals surface area contributed by atoms with Gasteiger partial charge in [-0.3, -0.25) is 15.0 Å². The second kappa shape index (κ2) is 6.76. The first-order chi connectivity index (χ1) is 11.1. The van der Waals surface area contributed by atoms with Gasteiger partial charge >= 0.3 is 6.09 Å². The molecule has 1 aliphatic rings. The lowest BCUT2D eigenvalue weighted by Crippen LogP contribution is -2.53. The lowest BCUT2D eigenvalue weighted by atomic mass is 9.90. The van der Waals surface area contributed by atoms with Gasteiger partial charge in [0.25, 0.3) is 0 Å². The van der Waals surface area contributed by atoms with E-state index in [1.54, 1.807) is 20.8 Å². The standard InChI is InChI=1S/C17H24N2O5/c1-11-5-6-12-9-18(16(21)24-17(2,3)4)14(8-13(12)7-11)15(20)10-19(22)23/h5-7,14-15,20H,8-10H2,1-4H3/t14-,15+/m0/s1. The molecule has 0 bridgehead atoms. The number of carbonyl (C=O) groups excluding carboxylic acids is 1. The van der Waals surface area contributed by atoms with Crippen LogP contribution in [0.25, 0.3) is 0 Å². The lowest BCUT2D eigenvalue weighted by molar-refractivity contribution is -0.491. The third-order valence-electron chi connectivity index (χ3n) is 3.94. The predicted molar refractivity (Wildman–Crippen MR) is 88.3 cm³/mol. The maximum atomic E-state index is 12.5. The summed E-state index contributed by atoms with van der Waals surface area (Å²) in [5.41, 5.74) is 2.36. The van der Waals surface area contributed by atoms with Gasteiger partial charge in [0.1, 0.15) is 11.7 Å². The largest absolute Gasteiger partial charge is 0.444 e. The number of fused-ring (bicyclic) bond motifs is 1. The quantitative estimate of drug-likeness (QED) is 0.675. The van der Waals surface area contributed by atoms with E-state index in [2.05, 4.69) is 0 Å². The highest BCUT2D eigenvalue weighted by molar-refractivity contribution is 5.69. The van der Waals surface area contributed by atoms with E-state index in [4.69, 9.17) is 4.74 Å². The van der Waals surface area contributed by atoms with Crippen LogP contribution in [0.1, 0.15) is 37.5 Å². The van der Waals surface area contributed by atoms with Gasteiger partial charge in [0.05, 0.1) is 6.04 Å². The van der Waals surface area contributed by atoms with Gasteiger partial charge in [0.15, 0.2) is 0 Å². The van der Waals surface area contributed by atoms with Crippen LogP contribution >= 0.6 is 0 Å². The maximum absolute atomic E-state index is 12.5. The first kappa shape index (κ1) is 18.2. The van der Waals surface area contributed by atoms with E-state index in [1.807, 2.05) is 25.1 Å². The fourth-order valence-corrected chi connectivity index (χ4v) is 2.87. The van der Waals surface area contributed by atoms with Crippen molar-refractivity contribution < 1.29 is 19.6 Å². The Labute approximate surface area is 141 Å². The Morgan fingerprint density at radius 3 is 2.71 bits per heavy atom. The molecule has 1 aliphatic heterocycles. The van der Waals surface area contributed by atoms with Crippen LogP contribution in [-0.4, -0.2) is 45.3 Å². The van der Waals surface area contributed by atoms with Crippen molar-refractivity contribution in [1.29, 1.82) is 0 Å². The van der Waals surface area contributed by atoms with E-state index in [9.17, 15) is 20.0 Å². The summed E-state index contributed by atoms with van der Waals surface area (Å²) in [6.45, 7) is 6.90. The Morgan fingerprint density at radius 1 is 1.46 bits per heavy atom. The highest BCUT2D eigenvalue weighted by atomic mass is 16.6. The fraction of sp³-hybridized carbons (Fsp3) is 0.588. The molecule has 24 heavy (non-hydrogen) atoms. The Kier molecular flexibility index (Phi) is 5.13. The smallest absolute Gasteiger partial charge is 0.410 e. The molecule has 0 aliphatic carbocycles. The molecule has 1 heterocycles. The molecule has 132 valence electrons. The molecular weight excluding hydrogens is 312 g/mol. The fourth-order valence-electron chi connectivity index (χ4n) is 2.87. The van der Waals surface area contributed by atoms with E-state index in [0.29, 0.717) is 6.42 Å². The third kappa shape index (κ3) is 4.44. The van der Waals surface area contributed by atoms with Gasteiger partial charge in [-0.05, 0) is 45.2 Å². The Morgan fingerprint density at radius 2 is 2.12 bits per heavy atom. The molecule has 0 saturated heterocycles. The SMILES string of the molecule is Cc1ccc2c(c1)C[C@@H]([C@H](O)C[N+](=O)[O-])N(C(=O)OC(C)(C)C)C2. The summed E-state index contributed by atoms with van der Waals surface area (Å²) in [7, 11) is 0. The summed E-state index contributed by atoms with van der Waals surface area (Å²) in [6.07, 6.45) is -1.45. The van der Waals surface area contributed by atoms with Crippen LogP contribution in [-0.2, 0) is 17.7 Å². The second-order valence-electron chi connectivity index (χ2n) is 7.23. The summed E-state index contributed by atoms with van der Waals surface area (Å²) in [4.78, 5) is 24.1. The van der Waals surface area contributed by atoms with Crippen molar-refractivity contribution in [3.05, 3.63) is 45.0 Å². The number of benzene rings is 1. The summed E-state index contributed by atoms with van der Waals surface area (Å²) >= 11 is 0. The minimum atomic E-state index is -1.25. The van der Waals surface area contributed by atoms with Crippen LogP contribution in [0.15, 0.2) is 18.2 Å². The average molecular weight is 336 g/mol. The molecule has 0 radical (unpaired) electrons. The van der Waals surface area contributed by atoms with Gasteiger partial charge in [-0.2, -0.15) is 0 Å². The van der Waals surface area contributed by atoms with Crippen molar-refractivity contribution >= 4 is 6.09 Å². The molecule has 0 saturated carbocycles. The Bertz CT molecular complexity index is 638. The zero-order valence-electron chi connectivity index (χ0n) is 14.5. The first-order valence-corrected chi connectivity index (χ1v) is 7.94. The number of ether oxygens (including phenoxy) is 1. The zero-order valence-corrected chi connectivity index (χ0v) is 14.5. The van der Waals surface area contributed by atoms with Gasteiger partial charge in [0.2, 0.25) is 6.54 Å². The third-order valence-corrected chi connectivity index (χ3v) is 3.94. The van der Waals surface area contributed by atoms with Crippen molar-refractivity contribution in [2.24, 2.45) is 0 Å². The number of carbonyl (C=O) groups is 1. The van der Waals surface area contributed by atoms with Gasteiger partial charge in [-0.25, -0.2) is 4.79 Å². The van der Waals surface area contributed by atoms with Crippen molar-refractivity contribution in [2.75, 3.05) is 6.54 Å². The topological polar surface area (TPSA) is 92.9 Å². The molecule has 7 nitrogen and oxygen atoms in total. The zero-order chi connectivity index (χ0) is 18.1.